The second-order valence-corrected chi connectivity index (χ2v) is 9.26. The van der Waals surface area contributed by atoms with Gasteiger partial charge in [0.2, 0.25) is 0 Å². The van der Waals surface area contributed by atoms with Crippen LogP contribution in [0.3, 0.4) is 0 Å². The Labute approximate surface area is 144 Å². The lowest BCUT2D eigenvalue weighted by atomic mass is 9.55. The lowest BCUT2D eigenvalue weighted by Crippen LogP contribution is -2.44. The summed E-state index contributed by atoms with van der Waals surface area (Å²) in [4.78, 5) is 0. The van der Waals surface area contributed by atoms with Crippen molar-refractivity contribution in [3.8, 4) is 5.75 Å². The van der Waals surface area contributed by atoms with Gasteiger partial charge >= 0.3 is 0 Å². The Bertz CT molecular complexity index is 619. The second-order valence-electron chi connectivity index (χ2n) is 7.66. The van der Waals surface area contributed by atoms with Crippen LogP contribution in [0.4, 0.5) is 4.39 Å². The fraction of sp³-hybridized carbons (Fsp3) is 0.667. The summed E-state index contributed by atoms with van der Waals surface area (Å²) in [6.45, 7) is 2.25. The number of rotatable bonds is 0. The summed E-state index contributed by atoms with van der Waals surface area (Å²) in [6, 6.07) is 3.19. The molecule has 0 aliphatic heterocycles. The van der Waals surface area contributed by atoms with Crippen LogP contribution in [0, 0.1) is 23.1 Å². The minimum absolute atomic E-state index is 0.0278. The van der Waals surface area contributed by atoms with Gasteiger partial charge < -0.3 is 10.2 Å². The molecule has 1 aromatic rings. The predicted molar refractivity (Wildman–Crippen MR) is 91.9 cm³/mol. The number of aliphatic hydroxyl groups is 1. The Morgan fingerprint density at radius 1 is 1.32 bits per heavy atom. The Morgan fingerprint density at radius 2 is 2.09 bits per heavy atom. The summed E-state index contributed by atoms with van der Waals surface area (Å²) in [6.07, 6.45) is 4.92. The highest BCUT2D eigenvalue weighted by molar-refractivity contribution is 14.1. The number of phenols is 1. The average molecular weight is 416 g/mol. The molecule has 0 bridgehead atoms. The first-order valence-corrected chi connectivity index (χ1v) is 9.50. The molecule has 2 saturated carbocycles. The number of alkyl halides is 1. The lowest BCUT2D eigenvalue weighted by molar-refractivity contribution is -0.0209. The monoisotopic (exact) mass is 416 g/mol. The van der Waals surface area contributed by atoms with Crippen LogP contribution in [0.15, 0.2) is 12.1 Å². The molecule has 2 N–H and O–H groups in total. The van der Waals surface area contributed by atoms with E-state index < -0.39 is 5.82 Å². The average Bonchev–Trinajstić information content (AvgIpc) is 2.72. The third-order valence-electron chi connectivity index (χ3n) is 6.73. The van der Waals surface area contributed by atoms with Crippen LogP contribution < -0.4 is 0 Å². The predicted octanol–water partition coefficient (Wildman–Crippen LogP) is 4.16. The maximum absolute atomic E-state index is 13.8. The Hall–Kier alpha value is -0.360. The third kappa shape index (κ3) is 1.98. The number of aryl methyl sites for hydroxylation is 1. The van der Waals surface area contributed by atoms with E-state index in [0.29, 0.717) is 21.7 Å². The lowest BCUT2D eigenvalue weighted by Gasteiger charge is -2.50. The molecule has 0 radical (unpaired) electrons. The maximum Gasteiger partial charge on any atom is 0.165 e. The molecule has 1 aromatic carbocycles. The number of fused-ring (bicyclic) bond motifs is 5. The van der Waals surface area contributed by atoms with E-state index in [9.17, 15) is 14.6 Å². The minimum atomic E-state index is -0.494. The zero-order chi connectivity index (χ0) is 15.6. The number of halogens is 2. The number of aromatic hydroxyl groups is 1. The SMILES string of the molecule is C[C@]12CC[C@@H]3c4cc(F)c(O)cc4CC[C@H]3[C@@H]1C[C@@H](I)[C@@H]2O. The summed E-state index contributed by atoms with van der Waals surface area (Å²) in [5.41, 5.74) is 2.26. The van der Waals surface area contributed by atoms with E-state index in [1.165, 1.54) is 0 Å². The number of hydrogen-bond acceptors (Lipinski definition) is 2. The third-order valence-corrected chi connectivity index (χ3v) is 7.92. The molecule has 0 amide bonds. The molecule has 0 unspecified atom stereocenters. The molecular formula is C18H22FIO2. The highest BCUT2D eigenvalue weighted by Crippen LogP contribution is 2.62. The van der Waals surface area contributed by atoms with Gasteiger partial charge in [0.1, 0.15) is 0 Å². The fourth-order valence-electron chi connectivity index (χ4n) is 5.52. The summed E-state index contributed by atoms with van der Waals surface area (Å²) in [5, 5.41) is 20.2. The quantitative estimate of drug-likeness (QED) is 0.493. The molecule has 3 aliphatic carbocycles. The van der Waals surface area contributed by atoms with Crippen LogP contribution >= 0.6 is 22.6 Å². The molecule has 4 rings (SSSR count). The van der Waals surface area contributed by atoms with Gasteiger partial charge in [-0.05, 0) is 78.5 Å². The normalized spacial score (nSPS) is 43.4. The summed E-state index contributed by atoms with van der Waals surface area (Å²) >= 11 is 2.40. The highest BCUT2D eigenvalue weighted by atomic mass is 127. The molecule has 0 aromatic heterocycles. The fourth-order valence-corrected chi connectivity index (χ4v) is 6.89. The highest BCUT2D eigenvalue weighted by Gasteiger charge is 2.57. The molecule has 0 spiro atoms. The standard InChI is InChI=1S/C18H22FIO2/c1-18-5-4-10-11(13(18)8-15(20)17(18)22)3-2-9-6-16(21)14(19)7-12(9)10/h6-7,10-11,13,15,17,21-22H,2-5,8H2,1H3/t10-,11+,13-,15+,17-,18-/m0/s1. The summed E-state index contributed by atoms with van der Waals surface area (Å²) in [7, 11) is 0. The smallest absolute Gasteiger partial charge is 0.165 e. The number of aliphatic hydroxyl groups excluding tert-OH is 1. The van der Waals surface area contributed by atoms with Gasteiger partial charge in [0.25, 0.3) is 0 Å². The van der Waals surface area contributed by atoms with Crippen molar-refractivity contribution in [2.75, 3.05) is 0 Å². The van der Waals surface area contributed by atoms with Crippen molar-refractivity contribution in [1.29, 1.82) is 0 Å². The number of phenolic OH excluding ortho intramolecular Hbond substituents is 1. The maximum atomic E-state index is 13.8. The Morgan fingerprint density at radius 3 is 2.86 bits per heavy atom. The molecule has 2 nitrogen and oxygen atoms in total. The first-order chi connectivity index (χ1) is 10.4. The van der Waals surface area contributed by atoms with Gasteiger partial charge in [-0.15, -0.1) is 0 Å². The van der Waals surface area contributed by atoms with E-state index in [1.807, 2.05) is 0 Å². The van der Waals surface area contributed by atoms with Crippen LogP contribution in [0.25, 0.3) is 0 Å². The van der Waals surface area contributed by atoms with Crippen molar-refractivity contribution < 1.29 is 14.6 Å². The second kappa shape index (κ2) is 5.07. The van der Waals surface area contributed by atoms with E-state index >= 15 is 0 Å². The number of hydrogen-bond donors (Lipinski definition) is 2. The molecule has 2 fully saturated rings. The van der Waals surface area contributed by atoms with Gasteiger partial charge in [-0.1, -0.05) is 29.5 Å². The van der Waals surface area contributed by atoms with Gasteiger partial charge in [-0.25, -0.2) is 4.39 Å². The van der Waals surface area contributed by atoms with Gasteiger partial charge in [0.15, 0.2) is 11.6 Å². The van der Waals surface area contributed by atoms with Gasteiger partial charge in [0, 0.05) is 3.92 Å². The largest absolute Gasteiger partial charge is 0.505 e. The van der Waals surface area contributed by atoms with Crippen molar-refractivity contribution in [3.63, 3.8) is 0 Å². The van der Waals surface area contributed by atoms with Crippen molar-refractivity contribution in [3.05, 3.63) is 29.1 Å². The Balaban J connectivity index is 1.73. The van der Waals surface area contributed by atoms with E-state index in [1.54, 1.807) is 12.1 Å². The van der Waals surface area contributed by atoms with Gasteiger partial charge in [-0.3, -0.25) is 0 Å². The molecular weight excluding hydrogens is 394 g/mol. The molecule has 0 heterocycles. The molecule has 0 saturated heterocycles. The molecule has 3 aliphatic rings. The number of benzene rings is 1. The summed E-state index contributed by atoms with van der Waals surface area (Å²) in [5.74, 6) is 0.760. The Kier molecular flexibility index (Phi) is 3.50. The molecule has 22 heavy (non-hydrogen) atoms. The van der Waals surface area contributed by atoms with E-state index in [0.717, 1.165) is 43.2 Å². The molecule has 4 heteroatoms. The van der Waals surface area contributed by atoms with E-state index in [-0.39, 0.29) is 17.3 Å². The zero-order valence-corrected chi connectivity index (χ0v) is 14.9. The van der Waals surface area contributed by atoms with Gasteiger partial charge in [0.05, 0.1) is 6.10 Å². The van der Waals surface area contributed by atoms with Crippen LogP contribution in [0.1, 0.15) is 49.7 Å². The topological polar surface area (TPSA) is 40.5 Å². The first kappa shape index (κ1) is 15.2. The van der Waals surface area contributed by atoms with Crippen molar-refractivity contribution in [1.82, 2.24) is 0 Å². The minimum Gasteiger partial charge on any atom is -0.505 e. The van der Waals surface area contributed by atoms with E-state index in [2.05, 4.69) is 29.5 Å². The van der Waals surface area contributed by atoms with Crippen molar-refractivity contribution >= 4 is 22.6 Å². The van der Waals surface area contributed by atoms with E-state index in [4.69, 9.17) is 0 Å². The van der Waals surface area contributed by atoms with Crippen LogP contribution in [0.2, 0.25) is 0 Å². The molecule has 120 valence electrons. The van der Waals surface area contributed by atoms with Crippen LogP contribution in [-0.4, -0.2) is 20.2 Å². The van der Waals surface area contributed by atoms with Crippen LogP contribution in [0.5, 0.6) is 5.75 Å². The first-order valence-electron chi connectivity index (χ1n) is 8.25. The zero-order valence-electron chi connectivity index (χ0n) is 12.7. The van der Waals surface area contributed by atoms with Gasteiger partial charge in [-0.2, -0.15) is 0 Å². The molecule has 6 atom stereocenters. The van der Waals surface area contributed by atoms with Crippen molar-refractivity contribution in [2.45, 2.75) is 55.0 Å². The van der Waals surface area contributed by atoms with Crippen LogP contribution in [-0.2, 0) is 6.42 Å². The van der Waals surface area contributed by atoms with Crippen molar-refractivity contribution in [2.24, 2.45) is 17.3 Å². The summed E-state index contributed by atoms with van der Waals surface area (Å²) < 4.78 is 14.2.